The van der Waals surface area contributed by atoms with Crippen LogP contribution in [0.2, 0.25) is 0 Å². The van der Waals surface area contributed by atoms with Crippen LogP contribution in [0.5, 0.6) is 5.75 Å². The van der Waals surface area contributed by atoms with Crippen LogP contribution in [0.4, 0.5) is 27.6 Å². The Hall–Kier alpha value is -3.75. The molecule has 1 aliphatic rings. The van der Waals surface area contributed by atoms with Gasteiger partial charge in [0.25, 0.3) is 5.91 Å². The van der Waals surface area contributed by atoms with Gasteiger partial charge in [0, 0.05) is 23.7 Å². The summed E-state index contributed by atoms with van der Waals surface area (Å²) >= 11 is 0. The monoisotopic (exact) mass is 656 g/mol. The van der Waals surface area contributed by atoms with E-state index in [9.17, 15) is 40.3 Å². The van der Waals surface area contributed by atoms with E-state index in [4.69, 9.17) is 0 Å². The number of piperidine rings is 1. The van der Waals surface area contributed by atoms with Crippen LogP contribution in [0, 0.1) is 0 Å². The zero-order valence-corrected chi connectivity index (χ0v) is 25.0. The number of benzene rings is 3. The molecule has 0 radical (unpaired) electrons. The van der Waals surface area contributed by atoms with E-state index < -0.39 is 47.4 Å². The fourth-order valence-electron chi connectivity index (χ4n) is 5.27. The minimum absolute atomic E-state index is 0.0610. The second-order valence-electron chi connectivity index (χ2n) is 10.5. The first-order chi connectivity index (χ1) is 21.3. The predicted octanol–water partition coefficient (Wildman–Crippen LogP) is 5.83. The molecular formula is C31H33F5N2O6S. The molecule has 1 heterocycles. The van der Waals surface area contributed by atoms with Gasteiger partial charge in [-0.25, -0.2) is 8.42 Å². The SMILES string of the molecule is CCS(=O)(=O)c1ccc([C@H](CO)NC(=O)c2ccc(N3CC(c4ccc(OC(F)(F)F)cc4)CC[C@H]3COC(F)F)cc2)cc1. The van der Waals surface area contributed by atoms with Crippen LogP contribution in [-0.4, -0.2) is 64.0 Å². The largest absolute Gasteiger partial charge is 0.573 e. The van der Waals surface area contributed by atoms with Crippen molar-refractivity contribution in [2.24, 2.45) is 0 Å². The van der Waals surface area contributed by atoms with Gasteiger partial charge in [-0.05, 0) is 72.5 Å². The Morgan fingerprint density at radius 1 is 1.00 bits per heavy atom. The molecule has 0 bridgehead atoms. The van der Waals surface area contributed by atoms with Crippen molar-refractivity contribution in [3.8, 4) is 5.75 Å². The van der Waals surface area contributed by atoms with Crippen LogP contribution in [0.3, 0.4) is 0 Å². The highest BCUT2D eigenvalue weighted by molar-refractivity contribution is 7.91. The Labute approximate surface area is 257 Å². The molecule has 0 spiro atoms. The minimum Gasteiger partial charge on any atom is -0.406 e. The first-order valence-corrected chi connectivity index (χ1v) is 15.8. The zero-order chi connectivity index (χ0) is 32.8. The van der Waals surface area contributed by atoms with Crippen molar-refractivity contribution in [2.75, 3.05) is 30.4 Å². The number of aliphatic hydroxyl groups excluding tert-OH is 1. The van der Waals surface area contributed by atoms with Gasteiger partial charge >= 0.3 is 13.0 Å². The quantitative estimate of drug-likeness (QED) is 0.236. The molecule has 244 valence electrons. The number of alkyl halides is 5. The number of hydrogen-bond acceptors (Lipinski definition) is 7. The maximum absolute atomic E-state index is 13.0. The van der Waals surface area contributed by atoms with Crippen LogP contribution < -0.4 is 15.0 Å². The molecule has 0 saturated carbocycles. The van der Waals surface area contributed by atoms with E-state index in [0.717, 1.165) is 5.56 Å². The van der Waals surface area contributed by atoms with Crippen LogP contribution in [0.1, 0.15) is 53.2 Å². The number of rotatable bonds is 12. The van der Waals surface area contributed by atoms with Gasteiger partial charge in [-0.3, -0.25) is 4.79 Å². The van der Waals surface area contributed by atoms with Gasteiger partial charge < -0.3 is 24.8 Å². The Bertz CT molecular complexity index is 1520. The molecule has 8 nitrogen and oxygen atoms in total. The number of amides is 1. The third-order valence-corrected chi connectivity index (χ3v) is 9.43. The smallest absolute Gasteiger partial charge is 0.406 e. The number of sulfone groups is 1. The lowest BCUT2D eigenvalue weighted by atomic mass is 9.87. The second-order valence-corrected chi connectivity index (χ2v) is 12.8. The van der Waals surface area contributed by atoms with Crippen molar-refractivity contribution in [3.63, 3.8) is 0 Å². The number of hydrogen-bond donors (Lipinski definition) is 2. The van der Waals surface area contributed by atoms with E-state index in [1.54, 1.807) is 36.4 Å². The third-order valence-electron chi connectivity index (χ3n) is 7.68. The molecule has 45 heavy (non-hydrogen) atoms. The number of anilines is 1. The van der Waals surface area contributed by atoms with Crippen molar-refractivity contribution in [1.29, 1.82) is 0 Å². The van der Waals surface area contributed by atoms with Crippen molar-refractivity contribution in [3.05, 3.63) is 89.5 Å². The maximum atomic E-state index is 13.0. The number of ether oxygens (including phenoxy) is 2. The summed E-state index contributed by atoms with van der Waals surface area (Å²) in [5, 5.41) is 12.6. The molecule has 1 unspecified atom stereocenters. The Morgan fingerprint density at radius 3 is 2.20 bits per heavy atom. The molecule has 0 aromatic heterocycles. The zero-order valence-electron chi connectivity index (χ0n) is 24.2. The molecule has 2 N–H and O–H groups in total. The average Bonchev–Trinajstić information content (AvgIpc) is 3.02. The van der Waals surface area contributed by atoms with E-state index in [1.807, 2.05) is 4.90 Å². The van der Waals surface area contributed by atoms with Crippen LogP contribution in [0.25, 0.3) is 0 Å². The summed E-state index contributed by atoms with van der Waals surface area (Å²) in [7, 11) is -3.41. The maximum Gasteiger partial charge on any atom is 0.573 e. The average molecular weight is 657 g/mol. The topological polar surface area (TPSA) is 105 Å². The number of halogens is 5. The van der Waals surface area contributed by atoms with Gasteiger partial charge in [0.05, 0.1) is 35.9 Å². The van der Waals surface area contributed by atoms with Gasteiger partial charge in [-0.2, -0.15) is 8.78 Å². The highest BCUT2D eigenvalue weighted by Crippen LogP contribution is 2.35. The van der Waals surface area contributed by atoms with Crippen molar-refractivity contribution >= 4 is 21.4 Å². The van der Waals surface area contributed by atoms with Crippen LogP contribution in [-0.2, 0) is 14.6 Å². The van der Waals surface area contributed by atoms with Gasteiger partial charge in [0.15, 0.2) is 9.84 Å². The summed E-state index contributed by atoms with van der Waals surface area (Å²) in [6.07, 6.45) is -3.76. The molecular weight excluding hydrogens is 623 g/mol. The second kappa shape index (κ2) is 14.6. The van der Waals surface area contributed by atoms with Crippen molar-refractivity contribution < 1.29 is 49.7 Å². The van der Waals surface area contributed by atoms with E-state index >= 15 is 0 Å². The lowest BCUT2D eigenvalue weighted by molar-refractivity contribution is -0.274. The highest BCUT2D eigenvalue weighted by Gasteiger charge is 2.32. The number of nitrogens with zero attached hydrogens (tertiary/aromatic N) is 1. The molecule has 3 aromatic carbocycles. The lowest BCUT2D eigenvalue weighted by Crippen LogP contribution is -2.45. The van der Waals surface area contributed by atoms with Gasteiger partial charge in [-0.15, -0.1) is 13.2 Å². The molecule has 0 aliphatic carbocycles. The highest BCUT2D eigenvalue weighted by atomic mass is 32.2. The fourth-order valence-corrected chi connectivity index (χ4v) is 6.15. The fraction of sp³-hybridized carbons (Fsp3) is 0.387. The molecule has 1 amide bonds. The van der Waals surface area contributed by atoms with Gasteiger partial charge in [0.2, 0.25) is 0 Å². The molecule has 1 aliphatic heterocycles. The summed E-state index contributed by atoms with van der Waals surface area (Å²) in [6, 6.07) is 16.6. The summed E-state index contributed by atoms with van der Waals surface area (Å²) in [5.74, 6) is -1.03. The van der Waals surface area contributed by atoms with Crippen LogP contribution in [0.15, 0.2) is 77.7 Å². The lowest BCUT2D eigenvalue weighted by Gasteiger charge is -2.41. The van der Waals surface area contributed by atoms with E-state index in [2.05, 4.69) is 14.8 Å². The molecule has 1 saturated heterocycles. The Balaban J connectivity index is 1.48. The summed E-state index contributed by atoms with van der Waals surface area (Å²) < 4.78 is 96.2. The van der Waals surface area contributed by atoms with E-state index in [1.165, 1.54) is 43.3 Å². The van der Waals surface area contributed by atoms with Gasteiger partial charge in [-0.1, -0.05) is 31.2 Å². The van der Waals surface area contributed by atoms with E-state index in [0.29, 0.717) is 30.6 Å². The normalized spacial score (nSPS) is 18.1. The van der Waals surface area contributed by atoms with E-state index in [-0.39, 0.29) is 34.5 Å². The molecule has 4 rings (SSSR count). The minimum atomic E-state index is -4.81. The molecule has 3 atom stereocenters. The van der Waals surface area contributed by atoms with Crippen molar-refractivity contribution in [2.45, 2.75) is 55.6 Å². The summed E-state index contributed by atoms with van der Waals surface area (Å²) in [5.41, 5.74) is 2.16. The van der Waals surface area contributed by atoms with Crippen LogP contribution >= 0.6 is 0 Å². The number of nitrogens with one attached hydrogen (secondary N) is 1. The first kappa shape index (κ1) is 34.1. The number of carbonyl (C=O) groups is 1. The summed E-state index contributed by atoms with van der Waals surface area (Å²) in [4.78, 5) is 15.0. The third kappa shape index (κ3) is 9.14. The standard InChI is InChI=1S/C31H33F5N2O6S/c1-2-45(41,42)27-15-8-21(9-16-27)28(18-39)37-29(40)22-3-10-24(11-4-22)38-17-23(5-12-25(38)19-43-30(32)33)20-6-13-26(14-7-20)44-31(34,35)36/h3-4,6-11,13-16,23,25,28,30,39H,2,5,12,17-19H2,1H3,(H,37,40)/t23?,25-,28-/m0/s1. The Morgan fingerprint density at radius 2 is 1.64 bits per heavy atom. The predicted molar refractivity (Wildman–Crippen MR) is 156 cm³/mol. The first-order valence-electron chi connectivity index (χ1n) is 14.2. The number of aliphatic hydroxyl groups is 1. The molecule has 14 heteroatoms. The molecule has 1 fully saturated rings. The van der Waals surface area contributed by atoms with Gasteiger partial charge in [0.1, 0.15) is 5.75 Å². The van der Waals surface area contributed by atoms with Crippen molar-refractivity contribution in [1.82, 2.24) is 5.32 Å². The Kier molecular flexibility index (Phi) is 11.0. The summed E-state index contributed by atoms with van der Waals surface area (Å²) in [6.45, 7) is -1.75. The number of carbonyl (C=O) groups excluding carboxylic acids is 1. The molecule has 3 aromatic rings.